The zero-order chi connectivity index (χ0) is 8.97. The monoisotopic (exact) mass is 169 g/mol. The molecule has 0 aliphatic carbocycles. The third-order valence-electron chi connectivity index (χ3n) is 1.19. The van der Waals surface area contributed by atoms with Crippen LogP contribution in [0.25, 0.3) is 0 Å². The van der Waals surface area contributed by atoms with Gasteiger partial charge in [0.1, 0.15) is 5.75 Å². The Balaban J connectivity index is 2.72. The second-order valence-electron chi connectivity index (χ2n) is 2.13. The number of pyridine rings is 1. The Bertz CT molecular complexity index is 255. The number of aromatic nitrogens is 1. The Morgan fingerprint density at radius 1 is 1.42 bits per heavy atom. The van der Waals surface area contributed by atoms with Crippen LogP contribution in [0.1, 0.15) is 5.56 Å². The second kappa shape index (κ2) is 4.05. The maximum atomic E-state index is 8.68. The molecule has 0 fully saturated rings. The van der Waals surface area contributed by atoms with E-state index in [0.717, 1.165) is 0 Å². The smallest absolute Gasteiger partial charge is 0.511 e. The van der Waals surface area contributed by atoms with E-state index in [9.17, 15) is 0 Å². The van der Waals surface area contributed by atoms with Crippen LogP contribution in [0.3, 0.4) is 0 Å². The zero-order valence-electron chi connectivity index (χ0n) is 6.21. The number of hydrogen-bond donors (Lipinski definition) is 3. The molecule has 12 heavy (non-hydrogen) atoms. The van der Waals surface area contributed by atoms with Gasteiger partial charge >= 0.3 is 7.32 Å². The summed E-state index contributed by atoms with van der Waals surface area (Å²) in [7, 11) is -1.86. The van der Waals surface area contributed by atoms with E-state index >= 15 is 0 Å². The predicted octanol–water partition coefficient (Wildman–Crippen LogP) is -1.08. The van der Waals surface area contributed by atoms with Crippen molar-refractivity contribution < 1.29 is 19.8 Å². The molecular weight excluding hydrogens is 161 g/mol. The molecule has 1 aromatic rings. The lowest BCUT2D eigenvalue weighted by Crippen LogP contribution is -2.20. The predicted molar refractivity (Wildman–Crippen MR) is 41.0 cm³/mol. The SMILES string of the molecule is OCc1cncc(OB(O)O)c1. The second-order valence-corrected chi connectivity index (χ2v) is 2.13. The quantitative estimate of drug-likeness (QED) is 0.501. The molecule has 1 heterocycles. The van der Waals surface area contributed by atoms with Gasteiger partial charge in [-0.25, -0.2) is 0 Å². The van der Waals surface area contributed by atoms with Crippen LogP contribution in [0.2, 0.25) is 0 Å². The lowest BCUT2D eigenvalue weighted by Gasteiger charge is -2.04. The Morgan fingerprint density at radius 2 is 2.17 bits per heavy atom. The highest BCUT2D eigenvalue weighted by Gasteiger charge is 2.11. The third-order valence-corrected chi connectivity index (χ3v) is 1.19. The van der Waals surface area contributed by atoms with Gasteiger partial charge in [-0.1, -0.05) is 0 Å². The summed E-state index contributed by atoms with van der Waals surface area (Å²) in [5.74, 6) is 0.205. The lowest BCUT2D eigenvalue weighted by atomic mass is 10.2. The molecule has 0 saturated carbocycles. The molecule has 0 atom stereocenters. The van der Waals surface area contributed by atoms with Crippen molar-refractivity contribution in [2.45, 2.75) is 6.61 Å². The Hall–Kier alpha value is -1.11. The van der Waals surface area contributed by atoms with Gasteiger partial charge < -0.3 is 19.8 Å². The molecule has 5 nitrogen and oxygen atoms in total. The van der Waals surface area contributed by atoms with Crippen molar-refractivity contribution in [3.8, 4) is 5.75 Å². The van der Waals surface area contributed by atoms with E-state index in [0.29, 0.717) is 5.56 Å². The van der Waals surface area contributed by atoms with Gasteiger partial charge in [-0.2, -0.15) is 0 Å². The van der Waals surface area contributed by atoms with Crippen molar-refractivity contribution in [2.75, 3.05) is 0 Å². The van der Waals surface area contributed by atoms with Crippen LogP contribution in [0.5, 0.6) is 5.75 Å². The summed E-state index contributed by atoms with van der Waals surface area (Å²) < 4.78 is 4.49. The fourth-order valence-corrected chi connectivity index (χ4v) is 0.736. The van der Waals surface area contributed by atoms with E-state index in [1.54, 1.807) is 0 Å². The van der Waals surface area contributed by atoms with Crippen molar-refractivity contribution >= 4 is 7.32 Å². The topological polar surface area (TPSA) is 82.8 Å². The Kier molecular flexibility index (Phi) is 3.04. The highest BCUT2D eigenvalue weighted by molar-refractivity contribution is 6.33. The molecule has 1 aromatic heterocycles. The summed E-state index contributed by atoms with van der Waals surface area (Å²) >= 11 is 0. The molecule has 0 unspecified atom stereocenters. The Morgan fingerprint density at radius 3 is 2.75 bits per heavy atom. The molecule has 0 aliphatic heterocycles. The number of nitrogens with zero attached hydrogens (tertiary/aromatic N) is 1. The summed E-state index contributed by atoms with van der Waals surface area (Å²) in [5, 5.41) is 25.5. The van der Waals surface area contributed by atoms with E-state index in [-0.39, 0.29) is 12.4 Å². The summed E-state index contributed by atoms with van der Waals surface area (Å²) in [4.78, 5) is 3.70. The maximum Gasteiger partial charge on any atom is 0.707 e. The molecule has 6 heteroatoms. The van der Waals surface area contributed by atoms with E-state index in [4.69, 9.17) is 15.2 Å². The average Bonchev–Trinajstić information content (AvgIpc) is 2.03. The molecule has 0 aromatic carbocycles. The van der Waals surface area contributed by atoms with Crippen molar-refractivity contribution in [3.63, 3.8) is 0 Å². The lowest BCUT2D eigenvalue weighted by molar-refractivity contribution is 0.276. The van der Waals surface area contributed by atoms with Gasteiger partial charge in [0.25, 0.3) is 0 Å². The van der Waals surface area contributed by atoms with Crippen molar-refractivity contribution in [3.05, 3.63) is 24.0 Å². The normalized spacial score (nSPS) is 9.58. The molecular formula is C6H8BNO4. The van der Waals surface area contributed by atoms with Crippen molar-refractivity contribution in [1.82, 2.24) is 4.98 Å². The summed E-state index contributed by atoms with van der Waals surface area (Å²) in [6, 6.07) is 1.46. The molecule has 0 aliphatic rings. The minimum absolute atomic E-state index is 0.161. The van der Waals surface area contributed by atoms with Gasteiger partial charge in [-0.05, 0) is 11.6 Å². The van der Waals surface area contributed by atoms with Crippen molar-refractivity contribution in [2.24, 2.45) is 0 Å². The summed E-state index contributed by atoms with van der Waals surface area (Å²) in [6.07, 6.45) is 2.77. The summed E-state index contributed by atoms with van der Waals surface area (Å²) in [5.41, 5.74) is 0.549. The first-order chi connectivity index (χ1) is 5.72. The molecule has 3 N–H and O–H groups in total. The average molecular weight is 169 g/mol. The van der Waals surface area contributed by atoms with Gasteiger partial charge in [0, 0.05) is 6.20 Å². The van der Waals surface area contributed by atoms with Crippen LogP contribution in [-0.4, -0.2) is 27.5 Å². The van der Waals surface area contributed by atoms with Crippen LogP contribution >= 0.6 is 0 Å². The van der Waals surface area contributed by atoms with Crippen LogP contribution in [0.4, 0.5) is 0 Å². The maximum absolute atomic E-state index is 8.68. The van der Waals surface area contributed by atoms with Crippen LogP contribution < -0.4 is 4.65 Å². The molecule has 0 radical (unpaired) electrons. The molecule has 0 saturated heterocycles. The first-order valence-electron chi connectivity index (χ1n) is 3.30. The van der Waals surface area contributed by atoms with Gasteiger partial charge in [0.05, 0.1) is 12.8 Å². The number of rotatable bonds is 3. The minimum Gasteiger partial charge on any atom is -0.511 e. The first kappa shape index (κ1) is 8.99. The van der Waals surface area contributed by atoms with Crippen LogP contribution in [-0.2, 0) is 6.61 Å². The molecule has 0 amide bonds. The molecule has 1 rings (SSSR count). The van der Waals surface area contributed by atoms with Gasteiger partial charge in [-0.3, -0.25) is 4.98 Å². The van der Waals surface area contributed by atoms with Gasteiger partial charge in [0.2, 0.25) is 0 Å². The Labute approximate surface area is 69.4 Å². The number of hydrogen-bond acceptors (Lipinski definition) is 5. The van der Waals surface area contributed by atoms with E-state index in [2.05, 4.69) is 9.64 Å². The number of aliphatic hydroxyl groups excluding tert-OH is 1. The molecule has 0 bridgehead atoms. The van der Waals surface area contributed by atoms with E-state index in [1.165, 1.54) is 18.5 Å². The fourth-order valence-electron chi connectivity index (χ4n) is 0.736. The standard InChI is InChI=1S/C6H8BNO4/c9-4-5-1-6(3-8-2-5)12-7(10)11/h1-3,9-11H,4H2. The fraction of sp³-hybridized carbons (Fsp3) is 0.167. The largest absolute Gasteiger partial charge is 0.707 e. The molecule has 64 valence electrons. The van der Waals surface area contributed by atoms with Crippen LogP contribution in [0.15, 0.2) is 18.5 Å². The minimum atomic E-state index is -1.86. The van der Waals surface area contributed by atoms with Crippen LogP contribution in [0, 0.1) is 0 Å². The first-order valence-corrected chi connectivity index (χ1v) is 3.30. The summed E-state index contributed by atoms with van der Waals surface area (Å²) in [6.45, 7) is -0.161. The van der Waals surface area contributed by atoms with Gasteiger partial charge in [-0.15, -0.1) is 0 Å². The molecule has 0 spiro atoms. The van der Waals surface area contributed by atoms with Crippen molar-refractivity contribution in [1.29, 1.82) is 0 Å². The number of aliphatic hydroxyl groups is 1. The zero-order valence-corrected chi connectivity index (χ0v) is 6.21. The highest BCUT2D eigenvalue weighted by atomic mass is 16.6. The van der Waals surface area contributed by atoms with E-state index in [1.807, 2.05) is 0 Å². The van der Waals surface area contributed by atoms with E-state index < -0.39 is 7.32 Å². The third kappa shape index (κ3) is 2.50. The highest BCUT2D eigenvalue weighted by Crippen LogP contribution is 2.10. The van der Waals surface area contributed by atoms with Gasteiger partial charge in [0.15, 0.2) is 0 Å².